The van der Waals surface area contributed by atoms with Crippen molar-refractivity contribution < 1.29 is 14.3 Å². The highest BCUT2D eigenvalue weighted by Crippen LogP contribution is 2.25. The van der Waals surface area contributed by atoms with Crippen LogP contribution in [0.2, 0.25) is 0 Å². The molecule has 0 saturated heterocycles. The molecule has 0 radical (unpaired) electrons. The number of anilines is 2. The van der Waals surface area contributed by atoms with E-state index in [0.717, 1.165) is 5.56 Å². The predicted octanol–water partition coefficient (Wildman–Crippen LogP) is 2.33. The summed E-state index contributed by atoms with van der Waals surface area (Å²) in [7, 11) is 3.15. The van der Waals surface area contributed by atoms with Gasteiger partial charge in [0.15, 0.2) is 0 Å². The van der Waals surface area contributed by atoms with Gasteiger partial charge in [0.1, 0.15) is 17.3 Å². The number of aromatic nitrogens is 1. The average molecular weight is 299 g/mol. The lowest BCUT2D eigenvalue weighted by molar-refractivity contribution is -0.111. The van der Waals surface area contributed by atoms with Crippen molar-refractivity contribution in [3.63, 3.8) is 0 Å². The Morgan fingerprint density at radius 1 is 1.23 bits per heavy atom. The lowest BCUT2D eigenvalue weighted by Gasteiger charge is -2.07. The minimum absolute atomic E-state index is 0.281. The molecule has 0 aliphatic rings. The van der Waals surface area contributed by atoms with Gasteiger partial charge in [0.2, 0.25) is 5.91 Å². The van der Waals surface area contributed by atoms with Crippen LogP contribution < -0.4 is 20.5 Å². The van der Waals surface area contributed by atoms with Crippen LogP contribution in [0.3, 0.4) is 0 Å². The van der Waals surface area contributed by atoms with Gasteiger partial charge < -0.3 is 20.5 Å². The molecule has 2 aromatic rings. The van der Waals surface area contributed by atoms with Crippen molar-refractivity contribution in [3.8, 4) is 11.5 Å². The van der Waals surface area contributed by atoms with Gasteiger partial charge in [0, 0.05) is 11.6 Å². The van der Waals surface area contributed by atoms with Crippen LogP contribution in [0.5, 0.6) is 11.5 Å². The molecule has 3 N–H and O–H groups in total. The van der Waals surface area contributed by atoms with E-state index >= 15 is 0 Å². The minimum atomic E-state index is -0.281. The van der Waals surface area contributed by atoms with Gasteiger partial charge in [-0.3, -0.25) is 4.79 Å². The number of amides is 1. The number of methoxy groups -OCH3 is 2. The fourth-order valence-corrected chi connectivity index (χ4v) is 1.80. The third-order valence-corrected chi connectivity index (χ3v) is 2.91. The molecule has 1 aromatic heterocycles. The second-order valence-corrected chi connectivity index (χ2v) is 4.40. The number of carbonyl (C=O) groups is 1. The second kappa shape index (κ2) is 7.12. The van der Waals surface area contributed by atoms with Gasteiger partial charge in [0.25, 0.3) is 0 Å². The molecule has 1 heterocycles. The first-order valence-corrected chi connectivity index (χ1v) is 6.55. The van der Waals surface area contributed by atoms with Crippen molar-refractivity contribution in [3.05, 3.63) is 48.2 Å². The lowest BCUT2D eigenvalue weighted by atomic mass is 10.1. The number of carbonyl (C=O) groups excluding carboxylic acids is 1. The molecule has 0 fully saturated rings. The molecule has 0 saturated carbocycles. The number of nitrogen functional groups attached to an aromatic ring is 1. The van der Waals surface area contributed by atoms with E-state index in [-0.39, 0.29) is 5.91 Å². The quantitative estimate of drug-likeness (QED) is 0.827. The molecule has 1 amide bonds. The second-order valence-electron chi connectivity index (χ2n) is 4.40. The Morgan fingerprint density at radius 2 is 2.05 bits per heavy atom. The zero-order chi connectivity index (χ0) is 15.9. The smallest absolute Gasteiger partial charge is 0.248 e. The van der Waals surface area contributed by atoms with Crippen molar-refractivity contribution in [1.82, 2.24) is 4.98 Å². The van der Waals surface area contributed by atoms with Gasteiger partial charge in [-0.2, -0.15) is 0 Å². The molecule has 114 valence electrons. The number of rotatable bonds is 5. The van der Waals surface area contributed by atoms with E-state index in [0.29, 0.717) is 23.0 Å². The molecule has 0 unspecified atom stereocenters. The maximum Gasteiger partial charge on any atom is 0.248 e. The van der Waals surface area contributed by atoms with Crippen LogP contribution in [0.25, 0.3) is 6.08 Å². The summed E-state index contributed by atoms with van der Waals surface area (Å²) in [5, 5.41) is 2.69. The van der Waals surface area contributed by atoms with E-state index in [1.54, 1.807) is 50.6 Å². The number of pyridine rings is 1. The molecule has 6 heteroatoms. The van der Waals surface area contributed by atoms with Crippen LogP contribution in [0, 0.1) is 0 Å². The molecule has 0 atom stereocenters. The molecule has 0 aliphatic carbocycles. The largest absolute Gasteiger partial charge is 0.497 e. The fraction of sp³-hybridized carbons (Fsp3) is 0.125. The Labute approximate surface area is 128 Å². The third-order valence-electron chi connectivity index (χ3n) is 2.91. The Morgan fingerprint density at radius 3 is 2.68 bits per heavy atom. The van der Waals surface area contributed by atoms with Gasteiger partial charge in [0.05, 0.1) is 26.1 Å². The maximum absolute atomic E-state index is 11.9. The van der Waals surface area contributed by atoms with Gasteiger partial charge in [-0.25, -0.2) is 4.98 Å². The van der Waals surface area contributed by atoms with Crippen molar-refractivity contribution >= 4 is 23.5 Å². The van der Waals surface area contributed by atoms with Crippen molar-refractivity contribution in [2.75, 3.05) is 25.3 Å². The van der Waals surface area contributed by atoms with Crippen molar-refractivity contribution in [2.24, 2.45) is 0 Å². The SMILES string of the molecule is COc1ccc(OC)c(/C=C/C(=O)Nc2ccc(N)nc2)c1. The standard InChI is InChI=1S/C16H17N3O3/c1-21-13-5-6-14(22-2)11(9-13)3-8-16(20)19-12-4-7-15(17)18-10-12/h3-10H,1-2H3,(H2,17,18)(H,19,20)/b8-3+. The minimum Gasteiger partial charge on any atom is -0.497 e. The highest BCUT2D eigenvalue weighted by Gasteiger charge is 2.03. The molecule has 0 aliphatic heterocycles. The van der Waals surface area contributed by atoms with Crippen LogP contribution in [0.1, 0.15) is 5.56 Å². The molecule has 6 nitrogen and oxygen atoms in total. The Kier molecular flexibility index (Phi) is 4.98. The summed E-state index contributed by atoms with van der Waals surface area (Å²) in [6.07, 6.45) is 4.56. The maximum atomic E-state index is 11.9. The van der Waals surface area contributed by atoms with E-state index in [9.17, 15) is 4.79 Å². The topological polar surface area (TPSA) is 86.5 Å². The summed E-state index contributed by atoms with van der Waals surface area (Å²) in [5.74, 6) is 1.45. The number of nitrogens with two attached hydrogens (primary N) is 1. The van der Waals surface area contributed by atoms with Crippen LogP contribution >= 0.6 is 0 Å². The van der Waals surface area contributed by atoms with E-state index in [1.165, 1.54) is 12.3 Å². The Hall–Kier alpha value is -3.02. The zero-order valence-corrected chi connectivity index (χ0v) is 12.4. The summed E-state index contributed by atoms with van der Waals surface area (Å²) < 4.78 is 10.4. The molecule has 0 spiro atoms. The molecule has 22 heavy (non-hydrogen) atoms. The highest BCUT2D eigenvalue weighted by molar-refractivity contribution is 6.02. The number of nitrogens with zero attached hydrogens (tertiary/aromatic N) is 1. The van der Waals surface area contributed by atoms with Crippen LogP contribution in [-0.4, -0.2) is 25.1 Å². The first-order valence-electron chi connectivity index (χ1n) is 6.55. The van der Waals surface area contributed by atoms with Crippen LogP contribution in [-0.2, 0) is 4.79 Å². The number of hydrogen-bond acceptors (Lipinski definition) is 5. The summed E-state index contributed by atoms with van der Waals surface area (Å²) in [4.78, 5) is 15.8. The molecule has 0 bridgehead atoms. The molecular weight excluding hydrogens is 282 g/mol. The van der Waals surface area contributed by atoms with E-state index in [4.69, 9.17) is 15.2 Å². The number of ether oxygens (including phenoxy) is 2. The van der Waals surface area contributed by atoms with Gasteiger partial charge in [-0.15, -0.1) is 0 Å². The summed E-state index contributed by atoms with van der Waals surface area (Å²) in [5.41, 5.74) is 6.80. The predicted molar refractivity (Wildman–Crippen MR) is 85.9 cm³/mol. The van der Waals surface area contributed by atoms with Gasteiger partial charge in [-0.1, -0.05) is 0 Å². The monoisotopic (exact) mass is 299 g/mol. The van der Waals surface area contributed by atoms with Gasteiger partial charge >= 0.3 is 0 Å². The first-order chi connectivity index (χ1) is 10.6. The third kappa shape index (κ3) is 3.99. The van der Waals surface area contributed by atoms with Gasteiger partial charge in [-0.05, 0) is 36.4 Å². The zero-order valence-electron chi connectivity index (χ0n) is 12.4. The molecule has 2 rings (SSSR count). The average Bonchev–Trinajstić information content (AvgIpc) is 2.54. The van der Waals surface area contributed by atoms with Crippen molar-refractivity contribution in [1.29, 1.82) is 0 Å². The normalized spacial score (nSPS) is 10.5. The Balaban J connectivity index is 2.10. The number of benzene rings is 1. The summed E-state index contributed by atoms with van der Waals surface area (Å²) in [6, 6.07) is 8.65. The van der Waals surface area contributed by atoms with Crippen molar-refractivity contribution in [2.45, 2.75) is 0 Å². The summed E-state index contributed by atoms with van der Waals surface area (Å²) in [6.45, 7) is 0. The fourth-order valence-electron chi connectivity index (χ4n) is 1.80. The Bertz CT molecular complexity index is 682. The van der Waals surface area contributed by atoms with E-state index < -0.39 is 0 Å². The highest BCUT2D eigenvalue weighted by atomic mass is 16.5. The molecule has 1 aromatic carbocycles. The number of hydrogen-bond donors (Lipinski definition) is 2. The first kappa shape index (κ1) is 15.4. The molecular formula is C16H17N3O3. The van der Waals surface area contributed by atoms with E-state index in [1.807, 2.05) is 0 Å². The number of nitrogens with one attached hydrogen (secondary N) is 1. The summed E-state index contributed by atoms with van der Waals surface area (Å²) >= 11 is 0. The van der Waals surface area contributed by atoms with Crippen LogP contribution in [0.4, 0.5) is 11.5 Å². The van der Waals surface area contributed by atoms with Crippen LogP contribution in [0.15, 0.2) is 42.6 Å². The lowest BCUT2D eigenvalue weighted by Crippen LogP contribution is -2.08. The van der Waals surface area contributed by atoms with E-state index in [2.05, 4.69) is 10.3 Å².